The molecule has 94 valence electrons. The van der Waals surface area contributed by atoms with E-state index in [0.717, 1.165) is 38.5 Å². The maximum atomic E-state index is 12.9. The van der Waals surface area contributed by atoms with Crippen LogP contribution in [0.2, 0.25) is 0 Å². The summed E-state index contributed by atoms with van der Waals surface area (Å²) in [7, 11) is 0. The van der Waals surface area contributed by atoms with Crippen LogP contribution in [-0.4, -0.2) is 25.7 Å². The lowest BCUT2D eigenvalue weighted by atomic mass is 10.1. The molecule has 1 saturated heterocycles. The highest BCUT2D eigenvalue weighted by molar-refractivity contribution is 5.18. The van der Waals surface area contributed by atoms with Gasteiger partial charge in [-0.15, -0.1) is 0 Å². The molecule has 2 nitrogen and oxygen atoms in total. The van der Waals surface area contributed by atoms with E-state index >= 15 is 0 Å². The molecule has 1 aliphatic heterocycles. The van der Waals surface area contributed by atoms with Crippen molar-refractivity contribution in [2.45, 2.75) is 25.3 Å². The molecular weight excluding hydrogens is 222 g/mol. The van der Waals surface area contributed by atoms with E-state index in [2.05, 4.69) is 10.6 Å². The Kier molecular flexibility index (Phi) is 4.45. The fourth-order valence-electron chi connectivity index (χ4n) is 2.20. The molecule has 2 N–H and O–H groups in total. The number of nitrogens with one attached hydrogen (secondary N) is 2. The average molecular weight is 240 g/mol. The molecule has 0 atom stereocenters. The zero-order chi connectivity index (χ0) is 12.1. The largest absolute Gasteiger partial charge is 0.317 e. The SMILES string of the molecule is Fc1cc(F)cc(CCNC2CCNCC2)c1. The first-order chi connectivity index (χ1) is 8.24. The fraction of sp³-hybridized carbons (Fsp3) is 0.538. The van der Waals surface area contributed by atoms with Gasteiger partial charge in [-0.05, 0) is 56.6 Å². The summed E-state index contributed by atoms with van der Waals surface area (Å²) in [6.45, 7) is 2.87. The van der Waals surface area contributed by atoms with E-state index in [9.17, 15) is 8.78 Å². The van der Waals surface area contributed by atoms with Gasteiger partial charge in [0.15, 0.2) is 0 Å². The summed E-state index contributed by atoms with van der Waals surface area (Å²) >= 11 is 0. The second-order valence-corrected chi connectivity index (χ2v) is 4.51. The molecule has 4 heteroatoms. The lowest BCUT2D eigenvalue weighted by Gasteiger charge is -2.23. The maximum Gasteiger partial charge on any atom is 0.126 e. The molecule has 0 spiro atoms. The van der Waals surface area contributed by atoms with Crippen molar-refractivity contribution in [3.05, 3.63) is 35.4 Å². The number of benzene rings is 1. The molecule has 0 radical (unpaired) electrons. The van der Waals surface area contributed by atoms with Crippen molar-refractivity contribution >= 4 is 0 Å². The Bertz CT molecular complexity index is 342. The minimum Gasteiger partial charge on any atom is -0.317 e. The van der Waals surface area contributed by atoms with Crippen LogP contribution < -0.4 is 10.6 Å². The van der Waals surface area contributed by atoms with E-state index in [0.29, 0.717) is 18.0 Å². The average Bonchev–Trinajstić information content (AvgIpc) is 2.29. The molecule has 1 aromatic carbocycles. The summed E-state index contributed by atoms with van der Waals surface area (Å²) in [6.07, 6.45) is 2.91. The number of hydrogen-bond acceptors (Lipinski definition) is 2. The molecule has 0 bridgehead atoms. The molecule has 1 heterocycles. The van der Waals surface area contributed by atoms with Gasteiger partial charge in [-0.25, -0.2) is 8.78 Å². The lowest BCUT2D eigenvalue weighted by molar-refractivity contribution is 0.389. The molecule has 0 aromatic heterocycles. The van der Waals surface area contributed by atoms with Gasteiger partial charge in [-0.2, -0.15) is 0 Å². The number of halogens is 2. The smallest absolute Gasteiger partial charge is 0.126 e. The van der Waals surface area contributed by atoms with Gasteiger partial charge in [0, 0.05) is 12.1 Å². The third-order valence-electron chi connectivity index (χ3n) is 3.11. The third-order valence-corrected chi connectivity index (χ3v) is 3.11. The summed E-state index contributed by atoms with van der Waals surface area (Å²) in [6, 6.07) is 4.24. The fourth-order valence-corrected chi connectivity index (χ4v) is 2.20. The second kappa shape index (κ2) is 6.07. The van der Waals surface area contributed by atoms with E-state index < -0.39 is 11.6 Å². The number of rotatable bonds is 4. The highest BCUT2D eigenvalue weighted by atomic mass is 19.1. The van der Waals surface area contributed by atoms with Crippen LogP contribution >= 0.6 is 0 Å². The Morgan fingerprint density at radius 1 is 1.12 bits per heavy atom. The monoisotopic (exact) mass is 240 g/mol. The predicted molar refractivity (Wildman–Crippen MR) is 64.0 cm³/mol. The minimum absolute atomic E-state index is 0.498. The van der Waals surface area contributed by atoms with E-state index in [4.69, 9.17) is 0 Å². The predicted octanol–water partition coefficient (Wildman–Crippen LogP) is 1.85. The van der Waals surface area contributed by atoms with Gasteiger partial charge in [-0.1, -0.05) is 0 Å². The van der Waals surface area contributed by atoms with Crippen LogP contribution in [0.3, 0.4) is 0 Å². The Morgan fingerprint density at radius 3 is 2.41 bits per heavy atom. The third kappa shape index (κ3) is 4.06. The standard InChI is InChI=1S/C13H18F2N2/c14-11-7-10(8-12(15)9-11)1-6-17-13-2-4-16-5-3-13/h7-9,13,16-17H,1-6H2. The van der Waals surface area contributed by atoms with Crippen LogP contribution in [0, 0.1) is 11.6 Å². The molecule has 0 unspecified atom stereocenters. The number of piperidine rings is 1. The first kappa shape index (κ1) is 12.5. The van der Waals surface area contributed by atoms with Crippen molar-refractivity contribution in [1.29, 1.82) is 0 Å². The Hall–Kier alpha value is -1.00. The molecule has 0 saturated carbocycles. The van der Waals surface area contributed by atoms with Gasteiger partial charge in [0.25, 0.3) is 0 Å². The molecule has 1 aliphatic rings. The Labute approximate surface area is 100 Å². The Balaban J connectivity index is 1.77. The van der Waals surface area contributed by atoms with Crippen LogP contribution in [-0.2, 0) is 6.42 Å². The quantitative estimate of drug-likeness (QED) is 0.839. The first-order valence-corrected chi connectivity index (χ1v) is 6.13. The summed E-state index contributed by atoms with van der Waals surface area (Å²) in [4.78, 5) is 0. The van der Waals surface area contributed by atoms with Crippen molar-refractivity contribution < 1.29 is 8.78 Å². The van der Waals surface area contributed by atoms with Gasteiger partial charge in [-0.3, -0.25) is 0 Å². The molecule has 2 rings (SSSR count). The van der Waals surface area contributed by atoms with Crippen LogP contribution in [0.1, 0.15) is 18.4 Å². The van der Waals surface area contributed by atoms with Crippen LogP contribution in [0.15, 0.2) is 18.2 Å². The topological polar surface area (TPSA) is 24.1 Å². The van der Waals surface area contributed by atoms with Gasteiger partial charge in [0.05, 0.1) is 0 Å². The number of hydrogen-bond donors (Lipinski definition) is 2. The van der Waals surface area contributed by atoms with E-state index in [1.165, 1.54) is 12.1 Å². The summed E-state index contributed by atoms with van der Waals surface area (Å²) < 4.78 is 25.9. The highest BCUT2D eigenvalue weighted by Crippen LogP contribution is 2.08. The molecule has 17 heavy (non-hydrogen) atoms. The minimum atomic E-state index is -0.498. The first-order valence-electron chi connectivity index (χ1n) is 6.13. The zero-order valence-electron chi connectivity index (χ0n) is 9.81. The van der Waals surface area contributed by atoms with Crippen molar-refractivity contribution in [2.75, 3.05) is 19.6 Å². The van der Waals surface area contributed by atoms with Crippen molar-refractivity contribution in [1.82, 2.24) is 10.6 Å². The zero-order valence-corrected chi connectivity index (χ0v) is 9.81. The summed E-state index contributed by atoms with van der Waals surface area (Å²) in [5, 5.41) is 6.72. The molecule has 1 aromatic rings. The van der Waals surface area contributed by atoms with Gasteiger partial charge >= 0.3 is 0 Å². The molecule has 0 amide bonds. The van der Waals surface area contributed by atoms with E-state index in [1.54, 1.807) is 0 Å². The molecular formula is C13H18F2N2. The van der Waals surface area contributed by atoms with Crippen molar-refractivity contribution in [3.63, 3.8) is 0 Å². The van der Waals surface area contributed by atoms with Crippen LogP contribution in [0.5, 0.6) is 0 Å². The van der Waals surface area contributed by atoms with Crippen LogP contribution in [0.4, 0.5) is 8.78 Å². The van der Waals surface area contributed by atoms with Gasteiger partial charge < -0.3 is 10.6 Å². The van der Waals surface area contributed by atoms with Gasteiger partial charge in [0.2, 0.25) is 0 Å². The second-order valence-electron chi connectivity index (χ2n) is 4.51. The van der Waals surface area contributed by atoms with Crippen LogP contribution in [0.25, 0.3) is 0 Å². The van der Waals surface area contributed by atoms with E-state index in [1.807, 2.05) is 0 Å². The normalized spacial score (nSPS) is 17.3. The molecule has 0 aliphatic carbocycles. The summed E-state index contributed by atoms with van der Waals surface area (Å²) in [5.74, 6) is -0.997. The van der Waals surface area contributed by atoms with E-state index in [-0.39, 0.29) is 0 Å². The van der Waals surface area contributed by atoms with Crippen molar-refractivity contribution in [3.8, 4) is 0 Å². The van der Waals surface area contributed by atoms with Crippen molar-refractivity contribution in [2.24, 2.45) is 0 Å². The molecule has 1 fully saturated rings. The Morgan fingerprint density at radius 2 is 1.76 bits per heavy atom. The lowest BCUT2D eigenvalue weighted by Crippen LogP contribution is -2.40. The maximum absolute atomic E-state index is 12.9. The summed E-state index contributed by atoms with van der Waals surface area (Å²) in [5.41, 5.74) is 0.712. The highest BCUT2D eigenvalue weighted by Gasteiger charge is 2.11. The van der Waals surface area contributed by atoms with Gasteiger partial charge in [0.1, 0.15) is 11.6 Å².